The molecule has 24 heavy (non-hydrogen) atoms. The minimum Gasteiger partial charge on any atom is -0.392 e. The van der Waals surface area contributed by atoms with Crippen molar-refractivity contribution in [2.75, 3.05) is 11.9 Å². The van der Waals surface area contributed by atoms with E-state index in [0.29, 0.717) is 17.4 Å². The molecule has 2 aromatic carbocycles. The van der Waals surface area contributed by atoms with E-state index in [-0.39, 0.29) is 12.3 Å². The van der Waals surface area contributed by atoms with Crippen LogP contribution in [0.3, 0.4) is 0 Å². The zero-order valence-corrected chi connectivity index (χ0v) is 13.0. The fourth-order valence-electron chi connectivity index (χ4n) is 2.61. The topological polar surface area (TPSA) is 88.3 Å². The van der Waals surface area contributed by atoms with Crippen molar-refractivity contribution >= 4 is 22.3 Å². The van der Waals surface area contributed by atoms with Gasteiger partial charge in [0, 0.05) is 18.8 Å². The first-order valence-electron chi connectivity index (χ1n) is 7.63. The number of aromatic nitrogens is 1. The van der Waals surface area contributed by atoms with Crippen molar-refractivity contribution in [1.82, 2.24) is 4.98 Å². The molecule has 6 heteroatoms. The number of nitro groups is 1. The fourth-order valence-corrected chi connectivity index (χ4v) is 2.61. The summed E-state index contributed by atoms with van der Waals surface area (Å²) in [5, 5.41) is 24.0. The highest BCUT2D eigenvalue weighted by molar-refractivity contribution is 5.96. The number of fused-ring (bicyclic) bond motifs is 1. The molecule has 3 aromatic rings. The Bertz CT molecular complexity index is 863. The van der Waals surface area contributed by atoms with Gasteiger partial charge in [-0.25, -0.2) is 0 Å². The Balaban J connectivity index is 1.75. The van der Waals surface area contributed by atoms with Crippen LogP contribution in [0.25, 0.3) is 10.9 Å². The number of rotatable bonds is 6. The molecule has 0 aliphatic rings. The number of nitrogens with zero attached hydrogens (tertiary/aromatic N) is 2. The maximum absolute atomic E-state index is 11.1. The normalized spacial score (nSPS) is 10.7. The quantitative estimate of drug-likeness (QED) is 0.537. The molecule has 0 saturated carbocycles. The molecule has 0 saturated heterocycles. The van der Waals surface area contributed by atoms with Crippen LogP contribution in [0.1, 0.15) is 11.1 Å². The first kappa shape index (κ1) is 15.9. The SMILES string of the molecule is O=[N+]([O-])c1ccc(NCCc2ccc(CO)cc2)c2ncccc12. The molecule has 1 heterocycles. The van der Waals surface area contributed by atoms with Gasteiger partial charge in [0.1, 0.15) is 5.52 Å². The van der Waals surface area contributed by atoms with Crippen molar-refractivity contribution in [2.45, 2.75) is 13.0 Å². The highest BCUT2D eigenvalue weighted by Crippen LogP contribution is 2.29. The van der Waals surface area contributed by atoms with Crippen LogP contribution in [0.5, 0.6) is 0 Å². The van der Waals surface area contributed by atoms with E-state index >= 15 is 0 Å². The summed E-state index contributed by atoms with van der Waals surface area (Å²) >= 11 is 0. The molecule has 0 aliphatic carbocycles. The monoisotopic (exact) mass is 323 g/mol. The predicted molar refractivity (Wildman–Crippen MR) is 93.0 cm³/mol. The van der Waals surface area contributed by atoms with Gasteiger partial charge in [0.15, 0.2) is 0 Å². The zero-order chi connectivity index (χ0) is 16.9. The van der Waals surface area contributed by atoms with Gasteiger partial charge in [0.25, 0.3) is 5.69 Å². The third-order valence-electron chi connectivity index (χ3n) is 3.88. The number of hydrogen-bond acceptors (Lipinski definition) is 5. The lowest BCUT2D eigenvalue weighted by molar-refractivity contribution is -0.383. The number of nitro benzene ring substituents is 1. The van der Waals surface area contributed by atoms with Crippen LogP contribution in [-0.4, -0.2) is 21.6 Å². The van der Waals surface area contributed by atoms with Gasteiger partial charge in [-0.15, -0.1) is 0 Å². The van der Waals surface area contributed by atoms with E-state index in [2.05, 4.69) is 10.3 Å². The average molecular weight is 323 g/mol. The summed E-state index contributed by atoms with van der Waals surface area (Å²) in [5.74, 6) is 0. The van der Waals surface area contributed by atoms with Crippen LogP contribution in [-0.2, 0) is 13.0 Å². The maximum Gasteiger partial charge on any atom is 0.278 e. The zero-order valence-electron chi connectivity index (χ0n) is 13.0. The molecule has 2 N–H and O–H groups in total. The van der Waals surface area contributed by atoms with Crippen LogP contribution in [0.2, 0.25) is 0 Å². The van der Waals surface area contributed by atoms with Crippen molar-refractivity contribution < 1.29 is 10.0 Å². The van der Waals surface area contributed by atoms with Gasteiger partial charge in [-0.1, -0.05) is 24.3 Å². The van der Waals surface area contributed by atoms with Gasteiger partial charge >= 0.3 is 0 Å². The highest BCUT2D eigenvalue weighted by Gasteiger charge is 2.14. The number of hydrogen-bond donors (Lipinski definition) is 2. The second-order valence-corrected chi connectivity index (χ2v) is 5.44. The Morgan fingerprint density at radius 3 is 2.54 bits per heavy atom. The molecule has 0 spiro atoms. The summed E-state index contributed by atoms with van der Waals surface area (Å²) in [6.45, 7) is 0.723. The van der Waals surface area contributed by atoms with Gasteiger partial charge < -0.3 is 10.4 Å². The molecular formula is C18H17N3O3. The third kappa shape index (κ3) is 3.33. The number of non-ortho nitro benzene ring substituents is 1. The summed E-state index contributed by atoms with van der Waals surface area (Å²) in [5.41, 5.74) is 3.48. The number of benzene rings is 2. The highest BCUT2D eigenvalue weighted by atomic mass is 16.6. The van der Waals surface area contributed by atoms with Crippen molar-refractivity contribution in [1.29, 1.82) is 0 Å². The number of pyridine rings is 1. The van der Waals surface area contributed by atoms with Crippen molar-refractivity contribution in [3.8, 4) is 0 Å². The van der Waals surface area contributed by atoms with E-state index in [1.54, 1.807) is 24.4 Å². The van der Waals surface area contributed by atoms with Gasteiger partial charge in [0.2, 0.25) is 0 Å². The average Bonchev–Trinajstić information content (AvgIpc) is 2.62. The lowest BCUT2D eigenvalue weighted by atomic mass is 10.1. The summed E-state index contributed by atoms with van der Waals surface area (Å²) in [6, 6.07) is 14.4. The second kappa shape index (κ2) is 7.06. The number of nitrogens with one attached hydrogen (secondary N) is 1. The summed E-state index contributed by atoms with van der Waals surface area (Å²) in [4.78, 5) is 15.0. The molecule has 6 nitrogen and oxygen atoms in total. The number of anilines is 1. The standard InChI is InChI=1S/C18H17N3O3/c22-12-14-5-3-13(4-6-14)9-11-19-16-7-8-17(21(23)24)15-2-1-10-20-18(15)16/h1-8,10,19,22H,9,11-12H2. The Kier molecular flexibility index (Phi) is 4.67. The van der Waals surface area contributed by atoms with E-state index in [1.165, 1.54) is 6.07 Å². The Hall–Kier alpha value is -2.99. The minimum atomic E-state index is -0.392. The Morgan fingerprint density at radius 2 is 1.83 bits per heavy atom. The first-order valence-corrected chi connectivity index (χ1v) is 7.63. The molecule has 1 aromatic heterocycles. The fraction of sp³-hybridized carbons (Fsp3) is 0.167. The van der Waals surface area contributed by atoms with E-state index < -0.39 is 4.92 Å². The van der Waals surface area contributed by atoms with Gasteiger partial charge in [0.05, 0.1) is 22.6 Å². The van der Waals surface area contributed by atoms with Crippen LogP contribution >= 0.6 is 0 Å². The molecule has 0 fully saturated rings. The van der Waals surface area contributed by atoms with Gasteiger partial charge in [-0.2, -0.15) is 0 Å². The number of aliphatic hydroxyl groups is 1. The van der Waals surface area contributed by atoms with E-state index in [1.807, 2.05) is 24.3 Å². The summed E-state index contributed by atoms with van der Waals surface area (Å²) in [6.07, 6.45) is 2.43. The first-order chi connectivity index (χ1) is 11.7. The van der Waals surface area contributed by atoms with Crippen molar-refractivity contribution in [2.24, 2.45) is 0 Å². The summed E-state index contributed by atoms with van der Waals surface area (Å²) in [7, 11) is 0. The molecule has 0 amide bonds. The molecule has 0 unspecified atom stereocenters. The molecule has 0 bridgehead atoms. The lowest BCUT2D eigenvalue weighted by Crippen LogP contribution is -2.06. The number of aliphatic hydroxyl groups excluding tert-OH is 1. The van der Waals surface area contributed by atoms with Crippen LogP contribution in [0.15, 0.2) is 54.7 Å². The molecule has 3 rings (SSSR count). The molecule has 0 radical (unpaired) electrons. The smallest absolute Gasteiger partial charge is 0.278 e. The molecule has 0 atom stereocenters. The predicted octanol–water partition coefficient (Wildman–Crippen LogP) is 3.29. The van der Waals surface area contributed by atoms with Crippen molar-refractivity contribution in [3.05, 3.63) is 76.0 Å². The van der Waals surface area contributed by atoms with Crippen molar-refractivity contribution in [3.63, 3.8) is 0 Å². The largest absolute Gasteiger partial charge is 0.392 e. The Morgan fingerprint density at radius 1 is 1.08 bits per heavy atom. The van der Waals surface area contributed by atoms with Crippen LogP contribution < -0.4 is 5.32 Å². The minimum absolute atomic E-state index is 0.0407. The lowest BCUT2D eigenvalue weighted by Gasteiger charge is -2.09. The van der Waals surface area contributed by atoms with E-state index in [9.17, 15) is 10.1 Å². The van der Waals surface area contributed by atoms with Gasteiger partial charge in [-0.05, 0) is 35.7 Å². The van der Waals surface area contributed by atoms with E-state index in [0.717, 1.165) is 23.2 Å². The summed E-state index contributed by atoms with van der Waals surface area (Å²) < 4.78 is 0. The second-order valence-electron chi connectivity index (χ2n) is 5.44. The van der Waals surface area contributed by atoms with Crippen LogP contribution in [0.4, 0.5) is 11.4 Å². The van der Waals surface area contributed by atoms with Gasteiger partial charge in [-0.3, -0.25) is 15.1 Å². The maximum atomic E-state index is 11.1. The van der Waals surface area contributed by atoms with Crippen LogP contribution in [0, 0.1) is 10.1 Å². The Labute approximate surface area is 138 Å². The van der Waals surface area contributed by atoms with E-state index in [4.69, 9.17) is 5.11 Å². The molecule has 122 valence electrons. The molecular weight excluding hydrogens is 306 g/mol. The third-order valence-corrected chi connectivity index (χ3v) is 3.88. The molecule has 0 aliphatic heterocycles.